The summed E-state index contributed by atoms with van der Waals surface area (Å²) in [6.07, 6.45) is 0.388. The van der Waals surface area contributed by atoms with E-state index in [0.29, 0.717) is 11.8 Å². The van der Waals surface area contributed by atoms with Gasteiger partial charge in [0.05, 0.1) is 22.6 Å². The summed E-state index contributed by atoms with van der Waals surface area (Å²) in [4.78, 5) is 48.4. The fourth-order valence-electron chi connectivity index (χ4n) is 2.72. The minimum absolute atomic E-state index is 0.0187. The van der Waals surface area contributed by atoms with E-state index in [1.54, 1.807) is 13.8 Å². The first-order chi connectivity index (χ1) is 14.7. The van der Waals surface area contributed by atoms with Crippen molar-refractivity contribution in [2.45, 2.75) is 13.8 Å². The van der Waals surface area contributed by atoms with Gasteiger partial charge in [0.2, 0.25) is 0 Å². The molecule has 1 aromatic carbocycles. The molecule has 0 unspecified atom stereocenters. The normalized spacial score (nSPS) is 10.2. The molecule has 0 fully saturated rings. The van der Waals surface area contributed by atoms with E-state index in [9.17, 15) is 29.2 Å². The Bertz CT molecular complexity index is 1010. The molecule has 0 atom stereocenters. The van der Waals surface area contributed by atoms with Crippen LogP contribution in [0, 0.1) is 6.92 Å². The first-order valence-corrected chi connectivity index (χ1v) is 9.96. The van der Waals surface area contributed by atoms with Crippen molar-refractivity contribution in [3.8, 4) is 5.75 Å². The minimum atomic E-state index is -1.89. The third-order valence-electron chi connectivity index (χ3n) is 4.17. The summed E-state index contributed by atoms with van der Waals surface area (Å²) in [7, 11) is -0.443. The van der Waals surface area contributed by atoms with Crippen molar-refractivity contribution in [2.75, 3.05) is 25.6 Å². The molecule has 10 nitrogen and oxygen atoms in total. The zero-order valence-electron chi connectivity index (χ0n) is 17.1. The number of carbonyl (C=O) groups excluding carboxylic acids is 4. The van der Waals surface area contributed by atoms with Crippen LogP contribution in [0.3, 0.4) is 0 Å². The van der Waals surface area contributed by atoms with Crippen molar-refractivity contribution in [3.05, 3.63) is 39.8 Å². The standard InChI is InChI=1S/C19H21BN2O8S/c1-4-29-19(26)15-10(2)16(17(25)21-3)31-18(15)22-14(24)9-30-13-7-5-6-12(20(27)28)11(13)8-23/h5-8,27-28H,4,9H2,1-3H3,(H,21,25)(H,22,24). The molecule has 164 valence electrons. The average molecular weight is 448 g/mol. The Morgan fingerprint density at radius 3 is 2.55 bits per heavy atom. The third-order valence-corrected chi connectivity index (χ3v) is 5.37. The smallest absolute Gasteiger partial charge is 0.483 e. The molecule has 4 N–H and O–H groups in total. The quantitative estimate of drug-likeness (QED) is 0.240. The van der Waals surface area contributed by atoms with Crippen molar-refractivity contribution >= 4 is 53.0 Å². The van der Waals surface area contributed by atoms with Gasteiger partial charge in [0.25, 0.3) is 11.8 Å². The van der Waals surface area contributed by atoms with E-state index >= 15 is 0 Å². The second kappa shape index (κ2) is 10.7. The summed E-state index contributed by atoms with van der Waals surface area (Å²) in [6, 6.07) is 4.17. The molecule has 2 rings (SSSR count). The van der Waals surface area contributed by atoms with Gasteiger partial charge in [-0.25, -0.2) is 4.79 Å². The van der Waals surface area contributed by atoms with Crippen LogP contribution < -0.4 is 20.8 Å². The fourth-order valence-corrected chi connectivity index (χ4v) is 3.88. The number of carbonyl (C=O) groups is 4. The summed E-state index contributed by atoms with van der Waals surface area (Å²) < 4.78 is 10.4. The molecule has 0 aliphatic heterocycles. The van der Waals surface area contributed by atoms with E-state index in [4.69, 9.17) is 9.47 Å². The van der Waals surface area contributed by atoms with Crippen LogP contribution in [0.25, 0.3) is 0 Å². The van der Waals surface area contributed by atoms with Crippen molar-refractivity contribution in [1.82, 2.24) is 5.32 Å². The van der Waals surface area contributed by atoms with Gasteiger partial charge in [-0.1, -0.05) is 12.1 Å². The Morgan fingerprint density at radius 1 is 1.26 bits per heavy atom. The number of nitrogens with one attached hydrogen (secondary N) is 2. The van der Waals surface area contributed by atoms with Gasteiger partial charge in [0.1, 0.15) is 10.8 Å². The molecule has 0 saturated heterocycles. The number of anilines is 1. The highest BCUT2D eigenvalue weighted by Gasteiger charge is 2.26. The van der Waals surface area contributed by atoms with Gasteiger partial charge in [0.15, 0.2) is 12.9 Å². The Labute approximate surface area is 182 Å². The van der Waals surface area contributed by atoms with Gasteiger partial charge in [0, 0.05) is 7.05 Å². The molecule has 0 radical (unpaired) electrons. The van der Waals surface area contributed by atoms with Crippen molar-refractivity contribution in [1.29, 1.82) is 0 Å². The average Bonchev–Trinajstić information content (AvgIpc) is 3.06. The van der Waals surface area contributed by atoms with E-state index in [2.05, 4.69) is 10.6 Å². The maximum Gasteiger partial charge on any atom is 0.489 e. The van der Waals surface area contributed by atoms with Crippen molar-refractivity contribution < 1.29 is 38.7 Å². The predicted molar refractivity (Wildman–Crippen MR) is 114 cm³/mol. The molecule has 0 bridgehead atoms. The van der Waals surface area contributed by atoms with E-state index in [-0.39, 0.29) is 38.8 Å². The lowest BCUT2D eigenvalue weighted by Gasteiger charge is -2.12. The Hall–Kier alpha value is -3.22. The second-order valence-electron chi connectivity index (χ2n) is 6.15. The van der Waals surface area contributed by atoms with E-state index in [0.717, 1.165) is 11.3 Å². The van der Waals surface area contributed by atoms with Crippen LogP contribution in [0.1, 0.15) is 42.9 Å². The van der Waals surface area contributed by atoms with Gasteiger partial charge in [-0.3, -0.25) is 14.4 Å². The number of hydrogen-bond acceptors (Lipinski definition) is 9. The van der Waals surface area contributed by atoms with Crippen LogP contribution in [0.5, 0.6) is 5.75 Å². The molecule has 0 aliphatic carbocycles. The first kappa shape index (κ1) is 24.1. The van der Waals surface area contributed by atoms with Gasteiger partial charge >= 0.3 is 13.1 Å². The molecule has 1 aromatic heterocycles. The van der Waals surface area contributed by atoms with E-state index < -0.39 is 31.5 Å². The summed E-state index contributed by atoms with van der Waals surface area (Å²) >= 11 is 0.914. The molecule has 12 heteroatoms. The van der Waals surface area contributed by atoms with E-state index in [1.165, 1.54) is 25.2 Å². The Balaban J connectivity index is 2.24. The zero-order valence-corrected chi connectivity index (χ0v) is 17.9. The van der Waals surface area contributed by atoms with Crippen LogP contribution in [0.15, 0.2) is 18.2 Å². The summed E-state index contributed by atoms with van der Waals surface area (Å²) in [6.45, 7) is 2.77. The van der Waals surface area contributed by atoms with Gasteiger partial charge in [-0.2, -0.15) is 0 Å². The number of amides is 2. The molecule has 31 heavy (non-hydrogen) atoms. The Morgan fingerprint density at radius 2 is 1.97 bits per heavy atom. The van der Waals surface area contributed by atoms with Crippen molar-refractivity contribution in [3.63, 3.8) is 0 Å². The number of benzene rings is 1. The maximum atomic E-state index is 12.4. The van der Waals surface area contributed by atoms with Crippen LogP contribution in [0.2, 0.25) is 0 Å². The zero-order chi connectivity index (χ0) is 23.1. The van der Waals surface area contributed by atoms with Gasteiger partial charge in [-0.15, -0.1) is 11.3 Å². The summed E-state index contributed by atoms with van der Waals surface area (Å²) in [5, 5.41) is 23.8. The first-order valence-electron chi connectivity index (χ1n) is 9.14. The predicted octanol–water partition coefficient (Wildman–Crippen LogP) is 0.103. The molecular weight excluding hydrogens is 427 g/mol. The van der Waals surface area contributed by atoms with Gasteiger partial charge < -0.3 is 30.2 Å². The number of ether oxygens (including phenoxy) is 2. The number of aldehydes is 1. The SMILES string of the molecule is CCOC(=O)c1c(NC(=O)COc2cccc(B(O)O)c2C=O)sc(C(=O)NC)c1C. The molecule has 0 aliphatic rings. The highest BCUT2D eigenvalue weighted by Crippen LogP contribution is 2.33. The second-order valence-corrected chi connectivity index (χ2v) is 7.17. The molecule has 0 spiro atoms. The van der Waals surface area contributed by atoms with Crippen molar-refractivity contribution in [2.24, 2.45) is 0 Å². The monoisotopic (exact) mass is 448 g/mol. The minimum Gasteiger partial charge on any atom is -0.483 e. The van der Waals surface area contributed by atoms with Crippen LogP contribution in [-0.4, -0.2) is 61.5 Å². The van der Waals surface area contributed by atoms with Crippen LogP contribution in [0.4, 0.5) is 5.00 Å². The topological polar surface area (TPSA) is 151 Å². The fraction of sp³-hybridized carbons (Fsp3) is 0.263. The molecule has 2 amide bonds. The lowest BCUT2D eigenvalue weighted by Crippen LogP contribution is -2.33. The Kier molecular flexibility index (Phi) is 8.31. The largest absolute Gasteiger partial charge is 0.489 e. The lowest BCUT2D eigenvalue weighted by atomic mass is 9.77. The molecule has 2 aromatic rings. The number of hydrogen-bond donors (Lipinski definition) is 4. The van der Waals surface area contributed by atoms with Gasteiger partial charge in [-0.05, 0) is 30.9 Å². The third kappa shape index (κ3) is 5.48. The number of thiophene rings is 1. The molecule has 0 saturated carbocycles. The summed E-state index contributed by atoms with van der Waals surface area (Å²) in [5.74, 6) is -1.79. The highest BCUT2D eigenvalue weighted by atomic mass is 32.1. The number of rotatable bonds is 9. The van der Waals surface area contributed by atoms with Crippen LogP contribution in [-0.2, 0) is 9.53 Å². The number of esters is 1. The van der Waals surface area contributed by atoms with Crippen LogP contribution >= 0.6 is 11.3 Å². The lowest BCUT2D eigenvalue weighted by molar-refractivity contribution is -0.118. The summed E-state index contributed by atoms with van der Waals surface area (Å²) in [5.41, 5.74) is 0.262. The van der Waals surface area contributed by atoms with E-state index in [1.807, 2.05) is 0 Å². The molecular formula is C19H21BN2O8S. The highest BCUT2D eigenvalue weighted by molar-refractivity contribution is 7.18. The maximum absolute atomic E-state index is 12.4. The molecule has 1 heterocycles.